The topological polar surface area (TPSA) is 17.3 Å². The Morgan fingerprint density at radius 1 is 1.31 bits per heavy atom. The zero-order valence-corrected chi connectivity index (χ0v) is 7.86. The zero-order valence-electron chi connectivity index (χ0n) is 7.86. The van der Waals surface area contributed by atoms with Crippen molar-refractivity contribution in [3.63, 3.8) is 0 Å². The summed E-state index contributed by atoms with van der Waals surface area (Å²) < 4.78 is 2.12. The molecule has 2 rings (SSSR count). The van der Waals surface area contributed by atoms with Crippen molar-refractivity contribution >= 4 is 17.1 Å². The molecule has 0 bridgehead atoms. The molecule has 0 aliphatic rings. The fraction of sp³-hybridized carbons (Fsp3) is 0.182. The third-order valence-electron chi connectivity index (χ3n) is 2.20. The van der Waals surface area contributed by atoms with Crippen molar-refractivity contribution in [3.8, 4) is 0 Å². The van der Waals surface area contributed by atoms with Gasteiger partial charge >= 0.3 is 0 Å². The Bertz CT molecular complexity index is 452. The van der Waals surface area contributed by atoms with E-state index in [1.54, 1.807) is 7.05 Å². The molecule has 1 aromatic carbocycles. The SMILES string of the molecule is C/N=C/c1cn(C)c2ccccc12. The highest BCUT2D eigenvalue weighted by Gasteiger charge is 2.01. The van der Waals surface area contributed by atoms with Crippen LogP contribution in [0, 0.1) is 0 Å². The predicted octanol–water partition coefficient (Wildman–Crippen LogP) is 2.23. The van der Waals surface area contributed by atoms with Gasteiger partial charge in [-0.25, -0.2) is 0 Å². The van der Waals surface area contributed by atoms with Gasteiger partial charge in [-0.1, -0.05) is 18.2 Å². The highest BCUT2D eigenvalue weighted by molar-refractivity contribution is 5.99. The molecule has 0 aliphatic heterocycles. The van der Waals surface area contributed by atoms with E-state index in [4.69, 9.17) is 0 Å². The summed E-state index contributed by atoms with van der Waals surface area (Å²) in [4.78, 5) is 4.03. The molecule has 2 nitrogen and oxygen atoms in total. The summed E-state index contributed by atoms with van der Waals surface area (Å²) in [5.41, 5.74) is 2.43. The summed E-state index contributed by atoms with van der Waals surface area (Å²) >= 11 is 0. The van der Waals surface area contributed by atoms with Crippen LogP contribution in [0.15, 0.2) is 35.5 Å². The van der Waals surface area contributed by atoms with Crippen molar-refractivity contribution in [2.24, 2.45) is 12.0 Å². The van der Waals surface area contributed by atoms with Gasteiger partial charge in [-0.05, 0) is 6.07 Å². The molecule has 0 N–H and O–H groups in total. The van der Waals surface area contributed by atoms with E-state index in [1.165, 1.54) is 16.5 Å². The second-order valence-corrected chi connectivity index (χ2v) is 3.10. The van der Waals surface area contributed by atoms with E-state index < -0.39 is 0 Å². The van der Waals surface area contributed by atoms with Crippen LogP contribution in [0.1, 0.15) is 5.56 Å². The van der Waals surface area contributed by atoms with Crippen LogP contribution in [0.5, 0.6) is 0 Å². The number of para-hydroxylation sites is 1. The molecule has 0 atom stereocenters. The quantitative estimate of drug-likeness (QED) is 0.587. The summed E-state index contributed by atoms with van der Waals surface area (Å²) in [6.45, 7) is 0. The molecule has 2 aromatic rings. The van der Waals surface area contributed by atoms with Gasteiger partial charge < -0.3 is 4.57 Å². The molecule has 0 radical (unpaired) electrons. The van der Waals surface area contributed by atoms with Crippen LogP contribution in [0.4, 0.5) is 0 Å². The third kappa shape index (κ3) is 1.24. The zero-order chi connectivity index (χ0) is 9.26. The first-order valence-electron chi connectivity index (χ1n) is 4.29. The normalized spacial score (nSPS) is 11.5. The van der Waals surface area contributed by atoms with Crippen molar-refractivity contribution in [2.45, 2.75) is 0 Å². The van der Waals surface area contributed by atoms with E-state index in [0.29, 0.717) is 0 Å². The lowest BCUT2D eigenvalue weighted by Crippen LogP contribution is -1.81. The molecule has 2 heteroatoms. The molecule has 13 heavy (non-hydrogen) atoms. The summed E-state index contributed by atoms with van der Waals surface area (Å²) in [5, 5.41) is 1.26. The van der Waals surface area contributed by atoms with Crippen molar-refractivity contribution < 1.29 is 0 Å². The van der Waals surface area contributed by atoms with Crippen molar-refractivity contribution in [3.05, 3.63) is 36.0 Å². The van der Waals surface area contributed by atoms with Gasteiger partial charge in [-0.15, -0.1) is 0 Å². The van der Waals surface area contributed by atoms with Gasteiger partial charge in [0.25, 0.3) is 0 Å². The molecule has 0 saturated heterocycles. The maximum atomic E-state index is 4.03. The van der Waals surface area contributed by atoms with E-state index in [2.05, 4.69) is 47.1 Å². The first-order chi connectivity index (χ1) is 6.33. The highest BCUT2D eigenvalue weighted by atomic mass is 14.9. The molecule has 0 aliphatic carbocycles. The van der Waals surface area contributed by atoms with Crippen molar-refractivity contribution in [1.29, 1.82) is 0 Å². The van der Waals surface area contributed by atoms with Crippen LogP contribution in [0.25, 0.3) is 10.9 Å². The van der Waals surface area contributed by atoms with Crippen LogP contribution < -0.4 is 0 Å². The second kappa shape index (κ2) is 3.05. The molecule has 0 amide bonds. The Morgan fingerprint density at radius 2 is 2.08 bits per heavy atom. The number of hydrogen-bond acceptors (Lipinski definition) is 1. The van der Waals surface area contributed by atoms with Gasteiger partial charge in [0.05, 0.1) is 0 Å². The van der Waals surface area contributed by atoms with Crippen LogP contribution in [0.3, 0.4) is 0 Å². The standard InChI is InChI=1S/C11H12N2/c1-12-7-9-8-13(2)11-6-4-3-5-10(9)11/h3-8H,1-2H3/b12-7+. The Kier molecular flexibility index (Phi) is 1.89. The summed E-state index contributed by atoms with van der Waals surface area (Å²) in [6, 6.07) is 8.33. The van der Waals surface area contributed by atoms with E-state index >= 15 is 0 Å². The first kappa shape index (κ1) is 8.05. The molecule has 66 valence electrons. The summed E-state index contributed by atoms with van der Waals surface area (Å²) in [7, 11) is 3.84. The summed E-state index contributed by atoms with van der Waals surface area (Å²) in [6.07, 6.45) is 3.99. The van der Waals surface area contributed by atoms with Crippen molar-refractivity contribution in [2.75, 3.05) is 7.05 Å². The van der Waals surface area contributed by atoms with Gasteiger partial charge in [0.2, 0.25) is 0 Å². The average molecular weight is 172 g/mol. The number of aromatic nitrogens is 1. The van der Waals surface area contributed by atoms with E-state index in [9.17, 15) is 0 Å². The largest absolute Gasteiger partial charge is 0.350 e. The van der Waals surface area contributed by atoms with Gasteiger partial charge in [-0.3, -0.25) is 4.99 Å². The molecular weight excluding hydrogens is 160 g/mol. The van der Waals surface area contributed by atoms with Crippen LogP contribution in [-0.2, 0) is 7.05 Å². The number of fused-ring (bicyclic) bond motifs is 1. The summed E-state index contributed by atoms with van der Waals surface area (Å²) in [5.74, 6) is 0. The van der Waals surface area contributed by atoms with E-state index in [-0.39, 0.29) is 0 Å². The van der Waals surface area contributed by atoms with Crippen molar-refractivity contribution in [1.82, 2.24) is 4.57 Å². The molecular formula is C11H12N2. The van der Waals surface area contributed by atoms with Crippen LogP contribution in [0.2, 0.25) is 0 Å². The lowest BCUT2D eigenvalue weighted by molar-refractivity contribution is 0.968. The van der Waals surface area contributed by atoms with Gasteiger partial charge in [0, 0.05) is 43.0 Å². The molecule has 0 saturated carbocycles. The number of aryl methyl sites for hydroxylation is 1. The number of hydrogen-bond donors (Lipinski definition) is 0. The minimum absolute atomic E-state index is 1.18. The number of rotatable bonds is 1. The fourth-order valence-corrected chi connectivity index (χ4v) is 1.61. The molecule has 1 aromatic heterocycles. The Balaban J connectivity index is 2.77. The lowest BCUT2D eigenvalue weighted by Gasteiger charge is -1.92. The number of nitrogens with zero attached hydrogens (tertiary/aromatic N) is 2. The maximum Gasteiger partial charge on any atom is 0.0484 e. The highest BCUT2D eigenvalue weighted by Crippen LogP contribution is 2.18. The smallest absolute Gasteiger partial charge is 0.0484 e. The maximum absolute atomic E-state index is 4.03. The fourth-order valence-electron chi connectivity index (χ4n) is 1.61. The second-order valence-electron chi connectivity index (χ2n) is 3.10. The van der Waals surface area contributed by atoms with Gasteiger partial charge in [-0.2, -0.15) is 0 Å². The van der Waals surface area contributed by atoms with Crippen LogP contribution in [-0.4, -0.2) is 17.8 Å². The van der Waals surface area contributed by atoms with Gasteiger partial charge in [0.15, 0.2) is 0 Å². The third-order valence-corrected chi connectivity index (χ3v) is 2.20. The molecule has 0 unspecified atom stereocenters. The molecule has 0 spiro atoms. The molecule has 0 fully saturated rings. The monoisotopic (exact) mass is 172 g/mol. The van der Waals surface area contributed by atoms with E-state index in [1.807, 2.05) is 6.21 Å². The van der Waals surface area contributed by atoms with Gasteiger partial charge in [0.1, 0.15) is 0 Å². The number of benzene rings is 1. The minimum atomic E-state index is 1.18. The predicted molar refractivity (Wildman–Crippen MR) is 56.4 cm³/mol. The minimum Gasteiger partial charge on any atom is -0.350 e. The lowest BCUT2D eigenvalue weighted by atomic mass is 10.2. The Hall–Kier alpha value is -1.57. The van der Waals surface area contributed by atoms with Crippen LogP contribution >= 0.6 is 0 Å². The molecule has 1 heterocycles. The number of aliphatic imine (C=N–C) groups is 1. The first-order valence-corrected chi connectivity index (χ1v) is 4.29. The average Bonchev–Trinajstić information content (AvgIpc) is 2.46. The Labute approximate surface area is 77.5 Å². The van der Waals surface area contributed by atoms with E-state index in [0.717, 1.165) is 0 Å². The Morgan fingerprint density at radius 3 is 2.85 bits per heavy atom.